The second-order valence-electron chi connectivity index (χ2n) is 5.93. The molecule has 1 atom stereocenters. The average Bonchev–Trinajstić information content (AvgIpc) is 2.98. The third-order valence-corrected chi connectivity index (χ3v) is 4.75. The van der Waals surface area contributed by atoms with E-state index in [-0.39, 0.29) is 24.3 Å². The summed E-state index contributed by atoms with van der Waals surface area (Å²) in [5.41, 5.74) is 0.469. The van der Waals surface area contributed by atoms with Crippen LogP contribution < -0.4 is 16.0 Å². The molecule has 26 heavy (non-hydrogen) atoms. The second kappa shape index (κ2) is 7.38. The molecule has 1 unspecified atom stereocenters. The molecule has 0 aliphatic rings. The Morgan fingerprint density at radius 1 is 1.35 bits per heavy atom. The number of fused-ring (bicyclic) bond motifs is 1. The predicted molar refractivity (Wildman–Crippen MR) is 100 cm³/mol. The van der Waals surface area contributed by atoms with Gasteiger partial charge < -0.3 is 14.4 Å². The van der Waals surface area contributed by atoms with Crippen molar-refractivity contribution in [3.63, 3.8) is 0 Å². The number of para-hydroxylation sites is 1. The van der Waals surface area contributed by atoms with Crippen molar-refractivity contribution < 1.29 is 9.84 Å². The van der Waals surface area contributed by atoms with Crippen LogP contribution in [-0.4, -0.2) is 43.2 Å². The summed E-state index contributed by atoms with van der Waals surface area (Å²) in [7, 11) is 1.54. The zero-order chi connectivity index (χ0) is 18.8. The number of aryl methyl sites for hydroxylation is 2. The minimum Gasteiger partial charge on any atom is -0.491 e. The highest BCUT2D eigenvalue weighted by Crippen LogP contribution is 2.20. The lowest BCUT2D eigenvalue weighted by molar-refractivity contribution is 0.0910. The number of nitrogens with zero attached hydrogens (tertiary/aromatic N) is 3. The standard InChI is InChI=1S/C17H20N4O4S/c1-10-6-4-5-7-12(10)25-9-11(22)8-21-13-14(18-17(21)26-3)20(2)16(24)19-15(13)23/h4-7,11,22H,8-9H2,1-3H3,(H,19,23,24). The topological polar surface area (TPSA) is 102 Å². The van der Waals surface area contributed by atoms with Gasteiger partial charge in [0.15, 0.2) is 16.3 Å². The molecule has 0 fully saturated rings. The smallest absolute Gasteiger partial charge is 0.329 e. The van der Waals surface area contributed by atoms with Crippen LogP contribution >= 0.6 is 11.8 Å². The van der Waals surface area contributed by atoms with E-state index in [2.05, 4.69) is 9.97 Å². The van der Waals surface area contributed by atoms with Crippen molar-refractivity contribution in [2.75, 3.05) is 12.9 Å². The quantitative estimate of drug-likeness (QED) is 0.620. The molecule has 9 heteroatoms. The first-order valence-electron chi connectivity index (χ1n) is 8.02. The molecule has 2 N–H and O–H groups in total. The van der Waals surface area contributed by atoms with Gasteiger partial charge in [-0.15, -0.1) is 0 Å². The van der Waals surface area contributed by atoms with Gasteiger partial charge in [0.1, 0.15) is 18.5 Å². The van der Waals surface area contributed by atoms with Crippen molar-refractivity contribution >= 4 is 22.9 Å². The maximum absolute atomic E-state index is 12.3. The molecule has 0 amide bonds. The Morgan fingerprint density at radius 3 is 2.77 bits per heavy atom. The van der Waals surface area contributed by atoms with Crippen LogP contribution in [0, 0.1) is 6.92 Å². The van der Waals surface area contributed by atoms with Crippen LogP contribution in [0.3, 0.4) is 0 Å². The van der Waals surface area contributed by atoms with E-state index in [4.69, 9.17) is 4.74 Å². The van der Waals surface area contributed by atoms with Crippen molar-refractivity contribution in [1.29, 1.82) is 0 Å². The van der Waals surface area contributed by atoms with Crippen molar-refractivity contribution in [2.45, 2.75) is 24.7 Å². The summed E-state index contributed by atoms with van der Waals surface area (Å²) in [5.74, 6) is 0.701. The second-order valence-corrected chi connectivity index (χ2v) is 6.70. The number of ether oxygens (including phenoxy) is 1. The van der Waals surface area contributed by atoms with Crippen LogP contribution in [0.25, 0.3) is 11.2 Å². The molecular weight excluding hydrogens is 356 g/mol. The van der Waals surface area contributed by atoms with Crippen LogP contribution in [-0.2, 0) is 13.6 Å². The number of thioether (sulfide) groups is 1. The van der Waals surface area contributed by atoms with Gasteiger partial charge in [-0.3, -0.25) is 14.3 Å². The summed E-state index contributed by atoms with van der Waals surface area (Å²) >= 11 is 1.34. The number of aromatic nitrogens is 4. The van der Waals surface area contributed by atoms with Gasteiger partial charge in [-0.2, -0.15) is 0 Å². The van der Waals surface area contributed by atoms with Crippen molar-refractivity contribution in [3.8, 4) is 5.75 Å². The van der Waals surface area contributed by atoms with E-state index in [9.17, 15) is 14.7 Å². The summed E-state index contributed by atoms with van der Waals surface area (Å²) in [4.78, 5) is 30.6. The van der Waals surface area contributed by atoms with E-state index < -0.39 is 17.4 Å². The van der Waals surface area contributed by atoms with Gasteiger partial charge >= 0.3 is 5.69 Å². The first-order valence-corrected chi connectivity index (χ1v) is 9.25. The number of rotatable bonds is 6. The molecule has 1 aromatic carbocycles. The Morgan fingerprint density at radius 2 is 2.08 bits per heavy atom. The van der Waals surface area contributed by atoms with Crippen LogP contribution in [0.1, 0.15) is 5.56 Å². The van der Waals surface area contributed by atoms with E-state index in [0.29, 0.717) is 10.9 Å². The minimum absolute atomic E-state index is 0.0714. The van der Waals surface area contributed by atoms with Crippen LogP contribution in [0.15, 0.2) is 39.0 Å². The molecule has 0 radical (unpaired) electrons. The number of hydrogen-bond donors (Lipinski definition) is 2. The third-order valence-electron chi connectivity index (χ3n) is 4.07. The molecule has 0 aliphatic carbocycles. The molecular formula is C17H20N4O4S. The maximum atomic E-state index is 12.3. The monoisotopic (exact) mass is 376 g/mol. The minimum atomic E-state index is -0.852. The lowest BCUT2D eigenvalue weighted by Crippen LogP contribution is -2.30. The molecule has 0 saturated heterocycles. The predicted octanol–water partition coefficient (Wildman–Crippen LogP) is 0.894. The van der Waals surface area contributed by atoms with Gasteiger partial charge in [-0.1, -0.05) is 30.0 Å². The van der Waals surface area contributed by atoms with Gasteiger partial charge in [-0.05, 0) is 24.8 Å². The van der Waals surface area contributed by atoms with Crippen LogP contribution in [0.4, 0.5) is 0 Å². The number of nitrogens with one attached hydrogen (secondary N) is 1. The van der Waals surface area contributed by atoms with E-state index >= 15 is 0 Å². The fraction of sp³-hybridized carbons (Fsp3) is 0.353. The van der Waals surface area contributed by atoms with Gasteiger partial charge in [0, 0.05) is 7.05 Å². The Kier molecular flexibility index (Phi) is 5.19. The van der Waals surface area contributed by atoms with Crippen LogP contribution in [0.2, 0.25) is 0 Å². The SMILES string of the molecule is CSc1nc2c(c(=O)[nH]c(=O)n2C)n1CC(O)COc1ccccc1C. The number of aliphatic hydroxyl groups is 1. The highest BCUT2D eigenvalue weighted by atomic mass is 32.2. The first kappa shape index (κ1) is 18.3. The molecule has 3 rings (SSSR count). The Labute approximate surface area is 153 Å². The number of imidazole rings is 1. The Balaban J connectivity index is 1.88. The Hall–Kier alpha value is -2.52. The van der Waals surface area contributed by atoms with Crippen molar-refractivity contribution in [2.24, 2.45) is 7.05 Å². The van der Waals surface area contributed by atoms with E-state index in [1.165, 1.54) is 16.3 Å². The summed E-state index contributed by atoms with van der Waals surface area (Å²) < 4.78 is 8.57. The Bertz CT molecular complexity index is 1050. The van der Waals surface area contributed by atoms with E-state index in [1.807, 2.05) is 37.4 Å². The normalized spacial score (nSPS) is 12.5. The number of benzene rings is 1. The molecule has 0 spiro atoms. The largest absolute Gasteiger partial charge is 0.491 e. The maximum Gasteiger partial charge on any atom is 0.329 e. The fourth-order valence-electron chi connectivity index (χ4n) is 2.71. The van der Waals surface area contributed by atoms with E-state index in [1.54, 1.807) is 11.6 Å². The zero-order valence-corrected chi connectivity index (χ0v) is 15.5. The molecule has 0 saturated carbocycles. The highest BCUT2D eigenvalue weighted by molar-refractivity contribution is 7.98. The molecule has 2 aromatic heterocycles. The number of aliphatic hydroxyl groups excluding tert-OH is 1. The van der Waals surface area contributed by atoms with Crippen LogP contribution in [0.5, 0.6) is 5.75 Å². The average molecular weight is 376 g/mol. The molecule has 138 valence electrons. The van der Waals surface area contributed by atoms with Gasteiger partial charge in [0.05, 0.1) is 6.54 Å². The van der Waals surface area contributed by atoms with Crippen molar-refractivity contribution in [3.05, 3.63) is 50.7 Å². The lowest BCUT2D eigenvalue weighted by Gasteiger charge is -2.15. The number of hydrogen-bond acceptors (Lipinski definition) is 6. The number of aromatic amines is 1. The first-order chi connectivity index (χ1) is 12.4. The summed E-state index contributed by atoms with van der Waals surface area (Å²) in [5, 5.41) is 10.9. The molecule has 8 nitrogen and oxygen atoms in total. The zero-order valence-electron chi connectivity index (χ0n) is 14.7. The summed E-state index contributed by atoms with van der Waals surface area (Å²) in [6.07, 6.45) is 0.967. The van der Waals surface area contributed by atoms with Crippen molar-refractivity contribution in [1.82, 2.24) is 19.1 Å². The van der Waals surface area contributed by atoms with Gasteiger partial charge in [0.25, 0.3) is 5.56 Å². The number of H-pyrrole nitrogens is 1. The highest BCUT2D eigenvalue weighted by Gasteiger charge is 2.19. The molecule has 0 aliphatic heterocycles. The molecule has 3 aromatic rings. The fourth-order valence-corrected chi connectivity index (χ4v) is 3.27. The van der Waals surface area contributed by atoms with Gasteiger partial charge in [0.2, 0.25) is 0 Å². The molecule has 0 bridgehead atoms. The van der Waals surface area contributed by atoms with Gasteiger partial charge in [-0.25, -0.2) is 9.78 Å². The summed E-state index contributed by atoms with van der Waals surface area (Å²) in [6, 6.07) is 7.54. The third kappa shape index (κ3) is 3.40. The van der Waals surface area contributed by atoms with E-state index in [0.717, 1.165) is 5.56 Å². The molecule has 2 heterocycles. The summed E-state index contributed by atoms with van der Waals surface area (Å²) in [6.45, 7) is 2.12. The lowest BCUT2D eigenvalue weighted by atomic mass is 10.2.